The van der Waals surface area contributed by atoms with Gasteiger partial charge in [-0.05, 0) is 12.1 Å². The van der Waals surface area contributed by atoms with Crippen LogP contribution in [-0.2, 0) is 9.47 Å². The van der Waals surface area contributed by atoms with Gasteiger partial charge in [0.2, 0.25) is 0 Å². The van der Waals surface area contributed by atoms with Crippen molar-refractivity contribution in [2.45, 2.75) is 12.2 Å². The van der Waals surface area contributed by atoms with Crippen LogP contribution in [0, 0.1) is 11.3 Å². The zero-order chi connectivity index (χ0) is 12.4. The fourth-order valence-electron chi connectivity index (χ4n) is 1.50. The number of nitrogens with zero attached hydrogens (tertiary/aromatic N) is 1. The minimum Gasteiger partial charge on any atom is -0.491 e. The Bertz CT molecular complexity index is 474. The van der Waals surface area contributed by atoms with E-state index in [0.717, 1.165) is 13.2 Å². The molecule has 18 heavy (non-hydrogen) atoms. The van der Waals surface area contributed by atoms with Gasteiger partial charge in [0.05, 0.1) is 18.8 Å². The minimum atomic E-state index is 0.168. The largest absolute Gasteiger partial charge is 0.491 e. The van der Waals surface area contributed by atoms with E-state index in [1.807, 2.05) is 0 Å². The molecule has 0 saturated carbocycles. The molecule has 0 unspecified atom stereocenters. The summed E-state index contributed by atoms with van der Waals surface area (Å²) in [6.07, 6.45) is 0.380. The molecule has 5 nitrogen and oxygen atoms in total. The number of hydrogen-bond acceptors (Lipinski definition) is 5. The third-order valence-corrected chi connectivity index (χ3v) is 2.74. The lowest BCUT2D eigenvalue weighted by atomic mass is 10.2. The monoisotopic (exact) mass is 247 g/mol. The summed E-state index contributed by atoms with van der Waals surface area (Å²) in [6.45, 7) is 2.51. The molecule has 0 bridgehead atoms. The summed E-state index contributed by atoms with van der Waals surface area (Å²) in [5, 5.41) is 9.00. The lowest BCUT2D eigenvalue weighted by Crippen LogP contribution is -2.07. The second-order valence-corrected chi connectivity index (χ2v) is 4.30. The smallest absolute Gasteiger partial charge is 0.140 e. The van der Waals surface area contributed by atoms with Crippen molar-refractivity contribution in [2.75, 3.05) is 26.4 Å². The summed E-state index contributed by atoms with van der Waals surface area (Å²) in [7, 11) is 0. The molecule has 94 valence electrons. The Balaban J connectivity index is 1.66. The van der Waals surface area contributed by atoms with E-state index in [1.165, 1.54) is 0 Å². The van der Waals surface area contributed by atoms with Gasteiger partial charge >= 0.3 is 0 Å². The highest BCUT2D eigenvalue weighted by molar-refractivity contribution is 5.47. The number of ether oxygens (including phenoxy) is 4. The van der Waals surface area contributed by atoms with Gasteiger partial charge in [-0.15, -0.1) is 0 Å². The lowest BCUT2D eigenvalue weighted by Gasteiger charge is -2.09. The van der Waals surface area contributed by atoms with E-state index in [-0.39, 0.29) is 12.2 Å². The highest BCUT2D eigenvalue weighted by Gasteiger charge is 2.24. The van der Waals surface area contributed by atoms with Crippen LogP contribution in [0.25, 0.3) is 0 Å². The average molecular weight is 247 g/mol. The minimum absolute atomic E-state index is 0.168. The van der Waals surface area contributed by atoms with Gasteiger partial charge in [0, 0.05) is 6.07 Å². The predicted octanol–water partition coefficient (Wildman–Crippen LogP) is 1.11. The van der Waals surface area contributed by atoms with E-state index in [2.05, 4.69) is 6.07 Å². The molecule has 0 aromatic heterocycles. The third-order valence-electron chi connectivity index (χ3n) is 2.74. The van der Waals surface area contributed by atoms with Gasteiger partial charge in [-0.2, -0.15) is 5.26 Å². The van der Waals surface area contributed by atoms with Crippen LogP contribution in [0.3, 0.4) is 0 Å². The molecule has 0 N–H and O–H groups in total. The summed E-state index contributed by atoms with van der Waals surface area (Å²) >= 11 is 0. The molecular formula is C13H13NO4. The molecule has 0 amide bonds. The predicted molar refractivity (Wildman–Crippen MR) is 61.6 cm³/mol. The second-order valence-electron chi connectivity index (χ2n) is 4.30. The van der Waals surface area contributed by atoms with E-state index in [4.69, 9.17) is 24.2 Å². The zero-order valence-corrected chi connectivity index (χ0v) is 9.80. The van der Waals surface area contributed by atoms with Crippen molar-refractivity contribution >= 4 is 0 Å². The normalized spacial score (nSPS) is 24.2. The molecule has 0 radical (unpaired) electrons. The maximum Gasteiger partial charge on any atom is 0.140 e. The van der Waals surface area contributed by atoms with Crippen molar-refractivity contribution in [3.63, 3.8) is 0 Å². The fraction of sp³-hybridized carbons (Fsp3) is 0.462. The van der Waals surface area contributed by atoms with Crippen LogP contribution in [0.5, 0.6) is 11.5 Å². The van der Waals surface area contributed by atoms with Gasteiger partial charge in [-0.3, -0.25) is 0 Å². The molecule has 2 heterocycles. The first kappa shape index (κ1) is 11.3. The van der Waals surface area contributed by atoms with Crippen LogP contribution in [0.15, 0.2) is 18.2 Å². The summed E-state index contributed by atoms with van der Waals surface area (Å²) < 4.78 is 21.2. The summed E-state index contributed by atoms with van der Waals surface area (Å²) in [5.74, 6) is 1.23. The van der Waals surface area contributed by atoms with Gasteiger partial charge in [0.1, 0.15) is 43.0 Å². The van der Waals surface area contributed by atoms with Crippen molar-refractivity contribution in [1.29, 1.82) is 5.26 Å². The molecule has 2 fully saturated rings. The Labute approximate surface area is 105 Å². The molecule has 3 rings (SSSR count). The van der Waals surface area contributed by atoms with Gasteiger partial charge in [0.15, 0.2) is 0 Å². The summed E-state index contributed by atoms with van der Waals surface area (Å²) in [5.41, 5.74) is 0.505. The molecule has 2 aliphatic rings. The maximum absolute atomic E-state index is 9.00. The molecule has 2 aliphatic heterocycles. The van der Waals surface area contributed by atoms with Crippen LogP contribution in [-0.4, -0.2) is 38.6 Å². The van der Waals surface area contributed by atoms with Gasteiger partial charge in [-0.25, -0.2) is 0 Å². The van der Waals surface area contributed by atoms with Gasteiger partial charge in [0.25, 0.3) is 0 Å². The Morgan fingerprint density at radius 1 is 1.17 bits per heavy atom. The number of rotatable bonds is 6. The van der Waals surface area contributed by atoms with Gasteiger partial charge in [-0.1, -0.05) is 0 Å². The van der Waals surface area contributed by atoms with E-state index in [1.54, 1.807) is 18.2 Å². The highest BCUT2D eigenvalue weighted by atomic mass is 16.6. The van der Waals surface area contributed by atoms with Crippen molar-refractivity contribution in [2.24, 2.45) is 0 Å². The third kappa shape index (κ3) is 2.92. The van der Waals surface area contributed by atoms with Crippen molar-refractivity contribution in [3.8, 4) is 17.6 Å². The lowest BCUT2D eigenvalue weighted by molar-refractivity contribution is 0.252. The van der Waals surface area contributed by atoms with Crippen molar-refractivity contribution in [1.82, 2.24) is 0 Å². The molecule has 1 aromatic rings. The quantitative estimate of drug-likeness (QED) is 0.704. The topological polar surface area (TPSA) is 67.3 Å². The number of hydrogen-bond donors (Lipinski definition) is 0. The number of benzene rings is 1. The second kappa shape index (κ2) is 4.84. The molecule has 0 spiro atoms. The highest BCUT2D eigenvalue weighted by Crippen LogP contribution is 2.26. The van der Waals surface area contributed by atoms with E-state index < -0.39 is 0 Å². The van der Waals surface area contributed by atoms with E-state index in [9.17, 15) is 0 Å². The fourth-order valence-corrected chi connectivity index (χ4v) is 1.50. The molecule has 5 heteroatoms. The summed E-state index contributed by atoms with van der Waals surface area (Å²) in [6, 6.07) is 7.30. The number of nitriles is 1. The summed E-state index contributed by atoms with van der Waals surface area (Å²) in [4.78, 5) is 0. The molecule has 1 aromatic carbocycles. The Kier molecular flexibility index (Phi) is 3.05. The van der Waals surface area contributed by atoms with Gasteiger partial charge < -0.3 is 18.9 Å². The standard InChI is InChI=1S/C13H13NO4/c14-4-9-1-2-10(15-5-11-6-16-11)3-13(9)18-8-12-7-17-12/h1-3,11-12H,5-8H2/t11-,12+/m1/s1. The van der Waals surface area contributed by atoms with E-state index in [0.29, 0.717) is 30.3 Å². The van der Waals surface area contributed by atoms with Crippen molar-refractivity contribution < 1.29 is 18.9 Å². The average Bonchev–Trinajstić information content (AvgIpc) is 3.28. The molecule has 2 saturated heterocycles. The molecular weight excluding hydrogens is 234 g/mol. The SMILES string of the molecule is N#Cc1ccc(OC[C@@H]2CO2)cc1OC[C@@H]1CO1. The van der Waals surface area contributed by atoms with Crippen LogP contribution < -0.4 is 9.47 Å². The van der Waals surface area contributed by atoms with E-state index >= 15 is 0 Å². The van der Waals surface area contributed by atoms with Crippen LogP contribution in [0.2, 0.25) is 0 Å². The zero-order valence-electron chi connectivity index (χ0n) is 9.80. The Morgan fingerprint density at radius 2 is 1.83 bits per heavy atom. The Morgan fingerprint density at radius 3 is 2.44 bits per heavy atom. The van der Waals surface area contributed by atoms with Crippen LogP contribution >= 0.6 is 0 Å². The van der Waals surface area contributed by atoms with Crippen molar-refractivity contribution in [3.05, 3.63) is 23.8 Å². The maximum atomic E-state index is 9.00. The first-order valence-electron chi connectivity index (χ1n) is 5.88. The molecule has 0 aliphatic carbocycles. The first-order chi connectivity index (χ1) is 8.85. The van der Waals surface area contributed by atoms with Crippen LogP contribution in [0.1, 0.15) is 5.56 Å². The first-order valence-corrected chi connectivity index (χ1v) is 5.88. The van der Waals surface area contributed by atoms with Crippen LogP contribution in [0.4, 0.5) is 0 Å². The Hall–Kier alpha value is -1.77. The number of epoxide rings is 2. The molecule has 2 atom stereocenters.